The van der Waals surface area contributed by atoms with Crippen molar-refractivity contribution in [2.45, 2.75) is 29.7 Å². The second-order valence-electron chi connectivity index (χ2n) is 5.07. The zero-order valence-electron chi connectivity index (χ0n) is 12.5. The molecule has 1 heterocycles. The van der Waals surface area contributed by atoms with Crippen LogP contribution in [0.4, 0.5) is 5.69 Å². The molecule has 6 heteroatoms. The van der Waals surface area contributed by atoms with E-state index in [-0.39, 0.29) is 24.2 Å². The molecule has 1 aromatic carbocycles. The van der Waals surface area contributed by atoms with Gasteiger partial charge in [-0.1, -0.05) is 25.6 Å². The largest absolute Gasteiger partial charge is 0.325 e. The summed E-state index contributed by atoms with van der Waals surface area (Å²) in [6.45, 7) is 3.86. The Hall–Kier alpha value is -1.56. The van der Waals surface area contributed by atoms with Gasteiger partial charge in [0, 0.05) is 27.9 Å². The van der Waals surface area contributed by atoms with Crippen molar-refractivity contribution in [3.05, 3.63) is 48.8 Å². The fourth-order valence-corrected chi connectivity index (χ4v) is 2.48. The number of aromatic nitrogens is 1. The molecule has 0 bridgehead atoms. The number of halogens is 1. The van der Waals surface area contributed by atoms with Crippen LogP contribution in [0, 0.1) is 5.92 Å². The van der Waals surface area contributed by atoms with E-state index in [9.17, 15) is 4.79 Å². The molecule has 0 fully saturated rings. The number of carbonyl (C=O) groups excluding carboxylic acids is 1. The Balaban J connectivity index is 0.00000242. The number of carbonyl (C=O) groups is 1. The first-order valence-corrected chi connectivity index (χ1v) is 7.62. The zero-order valence-corrected chi connectivity index (χ0v) is 14.2. The summed E-state index contributed by atoms with van der Waals surface area (Å²) in [6, 6.07) is 11.1. The van der Waals surface area contributed by atoms with Gasteiger partial charge in [0.1, 0.15) is 0 Å². The number of nitrogens with one attached hydrogen (secondary N) is 1. The summed E-state index contributed by atoms with van der Waals surface area (Å²) < 4.78 is 0. The van der Waals surface area contributed by atoms with Gasteiger partial charge >= 0.3 is 0 Å². The molecular weight excluding hydrogens is 318 g/mol. The van der Waals surface area contributed by atoms with Gasteiger partial charge in [0.2, 0.25) is 5.91 Å². The summed E-state index contributed by atoms with van der Waals surface area (Å²) in [4.78, 5) is 18.1. The van der Waals surface area contributed by atoms with E-state index in [4.69, 9.17) is 5.73 Å². The van der Waals surface area contributed by atoms with Crippen LogP contribution in [0.25, 0.3) is 0 Å². The highest BCUT2D eigenvalue weighted by Crippen LogP contribution is 2.27. The minimum atomic E-state index is -0.490. The number of rotatable bonds is 5. The number of benzene rings is 1. The minimum absolute atomic E-state index is 0. The topological polar surface area (TPSA) is 68.0 Å². The van der Waals surface area contributed by atoms with Crippen LogP contribution in [0.1, 0.15) is 13.8 Å². The van der Waals surface area contributed by atoms with Gasteiger partial charge in [-0.15, -0.1) is 12.4 Å². The minimum Gasteiger partial charge on any atom is -0.325 e. The molecule has 0 aliphatic heterocycles. The zero-order chi connectivity index (χ0) is 15.2. The van der Waals surface area contributed by atoms with Crippen LogP contribution in [-0.4, -0.2) is 16.9 Å². The average Bonchev–Trinajstić information content (AvgIpc) is 2.49. The van der Waals surface area contributed by atoms with Crippen molar-refractivity contribution in [2.24, 2.45) is 11.7 Å². The van der Waals surface area contributed by atoms with Crippen molar-refractivity contribution in [1.82, 2.24) is 4.98 Å². The lowest BCUT2D eigenvalue weighted by Crippen LogP contribution is -2.39. The van der Waals surface area contributed by atoms with E-state index >= 15 is 0 Å². The Morgan fingerprint density at radius 2 is 1.64 bits per heavy atom. The van der Waals surface area contributed by atoms with Crippen molar-refractivity contribution in [3.8, 4) is 0 Å². The highest BCUT2D eigenvalue weighted by atomic mass is 35.5. The summed E-state index contributed by atoms with van der Waals surface area (Å²) in [5.41, 5.74) is 6.58. The molecule has 1 aromatic heterocycles. The van der Waals surface area contributed by atoms with Crippen molar-refractivity contribution in [3.63, 3.8) is 0 Å². The van der Waals surface area contributed by atoms with Crippen LogP contribution < -0.4 is 11.1 Å². The molecule has 3 N–H and O–H groups in total. The van der Waals surface area contributed by atoms with Gasteiger partial charge < -0.3 is 11.1 Å². The second kappa shape index (κ2) is 8.78. The van der Waals surface area contributed by atoms with Gasteiger partial charge in [-0.2, -0.15) is 0 Å². The molecule has 2 rings (SSSR count). The van der Waals surface area contributed by atoms with E-state index in [1.807, 2.05) is 50.2 Å². The number of nitrogens with zero attached hydrogens (tertiary/aromatic N) is 1. The third-order valence-electron chi connectivity index (χ3n) is 3.03. The van der Waals surface area contributed by atoms with Gasteiger partial charge in [-0.05, 0) is 42.3 Å². The van der Waals surface area contributed by atoms with Gasteiger partial charge in [-0.3, -0.25) is 9.78 Å². The highest BCUT2D eigenvalue weighted by Gasteiger charge is 2.16. The number of amides is 1. The van der Waals surface area contributed by atoms with E-state index < -0.39 is 6.04 Å². The molecule has 22 heavy (non-hydrogen) atoms. The Morgan fingerprint density at radius 3 is 2.18 bits per heavy atom. The molecule has 2 aromatic rings. The fourth-order valence-electron chi connectivity index (χ4n) is 1.68. The van der Waals surface area contributed by atoms with E-state index in [1.54, 1.807) is 24.2 Å². The van der Waals surface area contributed by atoms with Crippen LogP contribution in [0.3, 0.4) is 0 Å². The molecule has 1 atom stereocenters. The lowest BCUT2D eigenvalue weighted by Gasteiger charge is -2.15. The van der Waals surface area contributed by atoms with Gasteiger partial charge in [0.15, 0.2) is 0 Å². The van der Waals surface area contributed by atoms with E-state index in [1.165, 1.54) is 0 Å². The summed E-state index contributed by atoms with van der Waals surface area (Å²) >= 11 is 1.65. The standard InChI is InChI=1S/C16H19N3OS.ClH/c1-11(2)15(17)16(20)19-12-3-5-13(6-4-12)21-14-7-9-18-10-8-14;/h3-11,15H,17H2,1-2H3,(H,19,20);1H/t15-;/m0./s1. The first kappa shape index (κ1) is 18.5. The fraction of sp³-hybridized carbons (Fsp3) is 0.250. The summed E-state index contributed by atoms with van der Waals surface area (Å²) in [5, 5.41) is 2.83. The normalized spacial score (nSPS) is 11.6. The second-order valence-corrected chi connectivity index (χ2v) is 6.22. The molecule has 0 radical (unpaired) electrons. The van der Waals surface area contributed by atoms with E-state index in [0.29, 0.717) is 0 Å². The maximum Gasteiger partial charge on any atom is 0.241 e. The predicted octanol–water partition coefficient (Wildman–Crippen LogP) is 3.58. The molecule has 1 amide bonds. The number of anilines is 1. The summed E-state index contributed by atoms with van der Waals surface area (Å²) in [5.74, 6) is -0.0361. The van der Waals surface area contributed by atoms with Crippen molar-refractivity contribution < 1.29 is 4.79 Å². The maximum atomic E-state index is 11.9. The van der Waals surface area contributed by atoms with Crippen molar-refractivity contribution in [2.75, 3.05) is 5.32 Å². The maximum absolute atomic E-state index is 11.9. The van der Waals surface area contributed by atoms with E-state index in [0.717, 1.165) is 15.5 Å². The predicted molar refractivity (Wildman–Crippen MR) is 93.5 cm³/mol. The van der Waals surface area contributed by atoms with Gasteiger partial charge in [0.05, 0.1) is 6.04 Å². The molecular formula is C16H20ClN3OS. The third kappa shape index (κ3) is 5.33. The molecule has 118 valence electrons. The Labute approximate surface area is 141 Å². The first-order valence-electron chi connectivity index (χ1n) is 6.80. The molecule has 0 saturated carbocycles. The van der Waals surface area contributed by atoms with Crippen LogP contribution in [0.15, 0.2) is 58.6 Å². The van der Waals surface area contributed by atoms with Crippen LogP contribution in [-0.2, 0) is 4.79 Å². The first-order chi connectivity index (χ1) is 10.1. The average molecular weight is 338 g/mol. The SMILES string of the molecule is CC(C)[C@H](N)C(=O)Nc1ccc(Sc2ccncc2)cc1.Cl. The Bertz CT molecular complexity index is 590. The number of pyridine rings is 1. The number of hydrogen-bond acceptors (Lipinski definition) is 4. The number of nitrogens with two attached hydrogens (primary N) is 1. The summed E-state index contributed by atoms with van der Waals surface area (Å²) in [6.07, 6.45) is 3.54. The van der Waals surface area contributed by atoms with E-state index in [2.05, 4.69) is 10.3 Å². The smallest absolute Gasteiger partial charge is 0.241 e. The lowest BCUT2D eigenvalue weighted by atomic mass is 10.1. The van der Waals surface area contributed by atoms with Crippen LogP contribution in [0.2, 0.25) is 0 Å². The lowest BCUT2D eigenvalue weighted by molar-refractivity contribution is -0.118. The van der Waals surface area contributed by atoms with Crippen molar-refractivity contribution >= 4 is 35.8 Å². The Morgan fingerprint density at radius 1 is 1.09 bits per heavy atom. The van der Waals surface area contributed by atoms with Crippen molar-refractivity contribution in [1.29, 1.82) is 0 Å². The quantitative estimate of drug-likeness (QED) is 0.875. The van der Waals surface area contributed by atoms with Gasteiger partial charge in [0.25, 0.3) is 0 Å². The highest BCUT2D eigenvalue weighted by molar-refractivity contribution is 7.99. The summed E-state index contributed by atoms with van der Waals surface area (Å²) in [7, 11) is 0. The Kier molecular flexibility index (Phi) is 7.38. The number of hydrogen-bond donors (Lipinski definition) is 2. The molecule has 0 spiro atoms. The molecule has 0 saturated heterocycles. The molecule has 0 aliphatic carbocycles. The van der Waals surface area contributed by atoms with Crippen LogP contribution >= 0.6 is 24.2 Å². The monoisotopic (exact) mass is 337 g/mol. The molecule has 4 nitrogen and oxygen atoms in total. The molecule has 0 unspecified atom stereocenters. The van der Waals surface area contributed by atoms with Crippen LogP contribution in [0.5, 0.6) is 0 Å². The third-order valence-corrected chi connectivity index (χ3v) is 4.04. The molecule has 0 aliphatic rings. The van der Waals surface area contributed by atoms with Gasteiger partial charge in [-0.25, -0.2) is 0 Å².